The van der Waals surface area contributed by atoms with E-state index < -0.39 is 29.7 Å². The Labute approximate surface area is 196 Å². The first kappa shape index (κ1) is 25.5. The Hall–Kier alpha value is -3.15. The number of unbranched alkanes of at least 4 members (excludes halogenated alkanes) is 2. The van der Waals surface area contributed by atoms with E-state index in [1.165, 1.54) is 6.07 Å². The molecule has 11 heteroatoms. The Morgan fingerprint density at radius 3 is 2.53 bits per heavy atom. The summed E-state index contributed by atoms with van der Waals surface area (Å²) in [6, 6.07) is 3.53. The lowest BCUT2D eigenvalue weighted by Crippen LogP contribution is -2.54. The number of aliphatic hydroxyl groups is 1. The summed E-state index contributed by atoms with van der Waals surface area (Å²) in [5.41, 5.74) is 0.400. The average molecular weight is 475 g/mol. The van der Waals surface area contributed by atoms with Gasteiger partial charge in [0.25, 0.3) is 11.8 Å². The van der Waals surface area contributed by atoms with Gasteiger partial charge >= 0.3 is 0 Å². The molecule has 1 unspecified atom stereocenters. The molecule has 0 bridgehead atoms. The molecule has 0 saturated carbocycles. The highest BCUT2D eigenvalue weighted by molar-refractivity contribution is 6.26. The smallest absolute Gasteiger partial charge is 0.264 e. The van der Waals surface area contributed by atoms with Gasteiger partial charge in [-0.2, -0.15) is 0 Å². The molecular weight excluding hydrogens is 446 g/mol. The monoisotopic (exact) mass is 475 g/mol. The van der Waals surface area contributed by atoms with Crippen molar-refractivity contribution in [3.05, 3.63) is 29.3 Å². The molecule has 2 aliphatic rings. The number of nitrogens with one attached hydrogen (secondary N) is 2. The molecule has 1 aromatic carbocycles. The van der Waals surface area contributed by atoms with Crippen LogP contribution in [0.3, 0.4) is 0 Å². The van der Waals surface area contributed by atoms with Crippen LogP contribution in [0.5, 0.6) is 0 Å². The molecule has 0 radical (unpaired) electrons. The van der Waals surface area contributed by atoms with E-state index in [1.807, 2.05) is 0 Å². The average Bonchev–Trinajstić information content (AvgIpc) is 3.06. The molecular formula is C23H29N3O8. The van der Waals surface area contributed by atoms with Crippen LogP contribution in [0, 0.1) is 0 Å². The van der Waals surface area contributed by atoms with Crippen molar-refractivity contribution < 1.29 is 38.6 Å². The summed E-state index contributed by atoms with van der Waals surface area (Å²) in [4.78, 5) is 62.8. The fourth-order valence-electron chi connectivity index (χ4n) is 3.88. The van der Waals surface area contributed by atoms with Crippen LogP contribution in [-0.2, 0) is 23.9 Å². The zero-order chi connectivity index (χ0) is 24.5. The number of benzene rings is 1. The van der Waals surface area contributed by atoms with Crippen LogP contribution in [-0.4, -0.2) is 78.6 Å². The fraction of sp³-hybridized carbons (Fsp3) is 0.522. The fourth-order valence-corrected chi connectivity index (χ4v) is 3.88. The maximum atomic E-state index is 13.0. The summed E-state index contributed by atoms with van der Waals surface area (Å²) in [7, 11) is 0. The Balaban J connectivity index is 1.48. The normalized spacial score (nSPS) is 17.7. The largest absolute Gasteiger partial charge is 0.394 e. The lowest BCUT2D eigenvalue weighted by atomic mass is 10.0. The van der Waals surface area contributed by atoms with Gasteiger partial charge in [-0.15, -0.1) is 0 Å². The standard InChI is InChI=1S/C23H29N3O8/c27-10-12-34-14-13-33-11-3-1-2-7-18(28)24-16-6-4-5-15-20(16)23(32)26(22(15)31)17-8-9-19(29)25-21(17)30/h4-6,17,27H,1-3,7-14H2,(H,24,28)(H,25,29,30). The molecule has 11 nitrogen and oxygen atoms in total. The molecule has 1 atom stereocenters. The van der Waals surface area contributed by atoms with Gasteiger partial charge in [-0.3, -0.25) is 34.2 Å². The summed E-state index contributed by atoms with van der Waals surface area (Å²) < 4.78 is 10.5. The molecule has 1 saturated heterocycles. The molecule has 5 amide bonds. The van der Waals surface area contributed by atoms with E-state index in [2.05, 4.69) is 10.6 Å². The second kappa shape index (κ2) is 12.4. The predicted octanol–water partition coefficient (Wildman–Crippen LogP) is 0.612. The maximum Gasteiger partial charge on any atom is 0.264 e. The highest BCUT2D eigenvalue weighted by Gasteiger charge is 2.45. The van der Waals surface area contributed by atoms with Crippen LogP contribution in [0.4, 0.5) is 5.69 Å². The minimum Gasteiger partial charge on any atom is -0.394 e. The summed E-state index contributed by atoms with van der Waals surface area (Å²) in [6.45, 7) is 1.69. The third-order valence-electron chi connectivity index (χ3n) is 5.54. The van der Waals surface area contributed by atoms with E-state index in [9.17, 15) is 24.0 Å². The lowest BCUT2D eigenvalue weighted by molar-refractivity contribution is -0.136. The number of piperidine rings is 1. The van der Waals surface area contributed by atoms with Gasteiger partial charge < -0.3 is 19.9 Å². The number of anilines is 1. The zero-order valence-electron chi connectivity index (χ0n) is 18.8. The topological polar surface area (TPSA) is 151 Å². The van der Waals surface area contributed by atoms with Gasteiger partial charge in [0.05, 0.1) is 43.2 Å². The molecule has 34 heavy (non-hydrogen) atoms. The van der Waals surface area contributed by atoms with Crippen molar-refractivity contribution in [2.24, 2.45) is 0 Å². The molecule has 0 spiro atoms. The highest BCUT2D eigenvalue weighted by Crippen LogP contribution is 2.32. The van der Waals surface area contributed by atoms with E-state index in [4.69, 9.17) is 14.6 Å². The van der Waals surface area contributed by atoms with Crippen LogP contribution in [0.1, 0.15) is 59.2 Å². The van der Waals surface area contributed by atoms with Gasteiger partial charge in [0.2, 0.25) is 17.7 Å². The van der Waals surface area contributed by atoms with Gasteiger partial charge in [0.1, 0.15) is 6.04 Å². The summed E-state index contributed by atoms with van der Waals surface area (Å²) >= 11 is 0. The number of carbonyl (C=O) groups excluding carboxylic acids is 5. The maximum absolute atomic E-state index is 13.0. The lowest BCUT2D eigenvalue weighted by Gasteiger charge is -2.27. The van der Waals surface area contributed by atoms with Crippen molar-refractivity contribution in [1.29, 1.82) is 0 Å². The minimum absolute atomic E-state index is 0.0174. The first-order valence-corrected chi connectivity index (χ1v) is 11.3. The van der Waals surface area contributed by atoms with E-state index >= 15 is 0 Å². The van der Waals surface area contributed by atoms with Gasteiger partial charge in [-0.25, -0.2) is 0 Å². The van der Waals surface area contributed by atoms with Crippen molar-refractivity contribution in [3.63, 3.8) is 0 Å². The Bertz CT molecular complexity index is 948. The molecule has 2 aliphatic heterocycles. The second-order valence-corrected chi connectivity index (χ2v) is 7.98. The minimum atomic E-state index is -1.06. The van der Waals surface area contributed by atoms with Crippen LogP contribution < -0.4 is 10.6 Å². The Morgan fingerprint density at radius 2 is 1.79 bits per heavy atom. The number of hydrogen-bond acceptors (Lipinski definition) is 8. The summed E-state index contributed by atoms with van der Waals surface area (Å²) in [5, 5.41) is 13.5. The number of hydrogen-bond donors (Lipinski definition) is 3. The number of aliphatic hydroxyl groups excluding tert-OH is 1. The number of carbonyl (C=O) groups is 5. The van der Waals surface area contributed by atoms with Gasteiger partial charge in [0, 0.05) is 19.4 Å². The van der Waals surface area contributed by atoms with E-state index in [1.54, 1.807) is 12.1 Å². The molecule has 2 heterocycles. The van der Waals surface area contributed by atoms with E-state index in [-0.39, 0.29) is 55.2 Å². The summed E-state index contributed by atoms with van der Waals surface area (Å²) in [5.74, 6) is -2.69. The zero-order valence-corrected chi connectivity index (χ0v) is 18.8. The van der Waals surface area contributed by atoms with Crippen molar-refractivity contribution in [2.75, 3.05) is 38.4 Å². The van der Waals surface area contributed by atoms with Crippen LogP contribution >= 0.6 is 0 Å². The van der Waals surface area contributed by atoms with Gasteiger partial charge in [0.15, 0.2) is 0 Å². The molecule has 3 rings (SSSR count). The van der Waals surface area contributed by atoms with E-state index in [0.29, 0.717) is 26.2 Å². The van der Waals surface area contributed by atoms with Gasteiger partial charge in [-0.1, -0.05) is 12.5 Å². The molecule has 1 aromatic rings. The number of nitrogens with zero attached hydrogens (tertiary/aromatic N) is 1. The number of rotatable bonds is 13. The quantitative estimate of drug-likeness (QED) is 0.277. The number of fused-ring (bicyclic) bond motifs is 1. The van der Waals surface area contributed by atoms with Crippen LogP contribution in [0.2, 0.25) is 0 Å². The third kappa shape index (κ3) is 6.25. The summed E-state index contributed by atoms with van der Waals surface area (Å²) in [6.07, 6.45) is 2.52. The highest BCUT2D eigenvalue weighted by atomic mass is 16.5. The Kier molecular flexibility index (Phi) is 9.25. The van der Waals surface area contributed by atoms with Crippen LogP contribution in [0.25, 0.3) is 0 Å². The molecule has 184 valence electrons. The van der Waals surface area contributed by atoms with E-state index in [0.717, 1.165) is 17.7 Å². The van der Waals surface area contributed by atoms with Gasteiger partial charge in [-0.05, 0) is 31.4 Å². The van der Waals surface area contributed by atoms with Crippen molar-refractivity contribution >= 4 is 35.2 Å². The first-order valence-electron chi connectivity index (χ1n) is 11.3. The second-order valence-electron chi connectivity index (χ2n) is 7.98. The predicted molar refractivity (Wildman–Crippen MR) is 119 cm³/mol. The molecule has 1 fully saturated rings. The SMILES string of the molecule is O=C1CCC(N2C(=O)c3cccc(NC(=O)CCCCCOCCOCCO)c3C2=O)C(=O)N1. The number of ether oxygens (including phenoxy) is 2. The number of imide groups is 2. The Morgan fingerprint density at radius 1 is 1.03 bits per heavy atom. The third-order valence-corrected chi connectivity index (χ3v) is 5.54. The van der Waals surface area contributed by atoms with Crippen LogP contribution in [0.15, 0.2) is 18.2 Å². The first-order chi connectivity index (χ1) is 16.4. The molecule has 0 aromatic heterocycles. The van der Waals surface area contributed by atoms with Crippen molar-refractivity contribution in [3.8, 4) is 0 Å². The molecule has 3 N–H and O–H groups in total. The number of amides is 5. The van der Waals surface area contributed by atoms with Crippen molar-refractivity contribution in [2.45, 2.75) is 44.6 Å². The molecule has 0 aliphatic carbocycles. The van der Waals surface area contributed by atoms with Crippen molar-refractivity contribution in [1.82, 2.24) is 10.2 Å².